The molecule has 0 aliphatic heterocycles. The molecule has 1 aromatic heterocycles. The molecule has 1 amide bonds. The maximum absolute atomic E-state index is 12.5. The molecule has 0 spiro atoms. The number of hydrogen-bond donors (Lipinski definition) is 1. The van der Waals surface area contributed by atoms with Gasteiger partial charge in [0.1, 0.15) is 5.76 Å². The van der Waals surface area contributed by atoms with E-state index in [4.69, 9.17) is 4.42 Å². The lowest BCUT2D eigenvalue weighted by Crippen LogP contribution is -2.26. The topological polar surface area (TPSA) is 76.4 Å². The number of sulfone groups is 1. The maximum atomic E-state index is 12.5. The molecule has 0 aliphatic carbocycles. The Labute approximate surface area is 152 Å². The van der Waals surface area contributed by atoms with E-state index in [0.29, 0.717) is 16.9 Å². The molecular formula is C20H19NO4S. The first-order chi connectivity index (χ1) is 12.5. The number of carbonyl (C=O) groups is 1. The lowest BCUT2D eigenvalue weighted by Gasteiger charge is -2.12. The zero-order chi connectivity index (χ0) is 18.6. The van der Waals surface area contributed by atoms with E-state index in [1.165, 1.54) is 0 Å². The molecule has 0 radical (unpaired) electrons. The second kappa shape index (κ2) is 7.58. The van der Waals surface area contributed by atoms with Gasteiger partial charge >= 0.3 is 0 Å². The molecule has 0 unspecified atom stereocenters. The van der Waals surface area contributed by atoms with Crippen LogP contribution < -0.4 is 5.32 Å². The summed E-state index contributed by atoms with van der Waals surface area (Å²) in [6, 6.07) is 18.2. The van der Waals surface area contributed by atoms with Crippen molar-refractivity contribution in [1.82, 2.24) is 5.32 Å². The Morgan fingerprint density at radius 1 is 1.04 bits per heavy atom. The standard InChI is InChI=1S/C20H19NO4S/c1-15(19-11-6-12-25-19)21-20(22)17-8-5-7-16(13-17)14-26(23,24)18-9-3-2-4-10-18/h2-13,15H,14H2,1H3,(H,21,22)/t15-/m0/s1. The van der Waals surface area contributed by atoms with E-state index in [1.807, 2.05) is 6.92 Å². The Hall–Kier alpha value is -2.86. The molecule has 3 aromatic rings. The summed E-state index contributed by atoms with van der Waals surface area (Å²) >= 11 is 0. The highest BCUT2D eigenvalue weighted by atomic mass is 32.2. The Kier molecular flexibility index (Phi) is 5.23. The molecule has 134 valence electrons. The van der Waals surface area contributed by atoms with E-state index in [0.717, 1.165) is 0 Å². The van der Waals surface area contributed by atoms with Crippen molar-refractivity contribution in [1.29, 1.82) is 0 Å². The molecular weight excluding hydrogens is 350 g/mol. The molecule has 0 saturated heterocycles. The summed E-state index contributed by atoms with van der Waals surface area (Å²) in [7, 11) is -3.46. The largest absolute Gasteiger partial charge is 0.467 e. The van der Waals surface area contributed by atoms with E-state index >= 15 is 0 Å². The monoisotopic (exact) mass is 369 g/mol. The summed E-state index contributed by atoms with van der Waals surface area (Å²) in [5.74, 6) is 0.209. The van der Waals surface area contributed by atoms with Gasteiger partial charge in [-0.1, -0.05) is 30.3 Å². The van der Waals surface area contributed by atoms with Crippen LogP contribution in [0.15, 0.2) is 82.3 Å². The van der Waals surface area contributed by atoms with Gasteiger partial charge in [0.25, 0.3) is 5.91 Å². The first kappa shape index (κ1) is 17.9. The third-order valence-electron chi connectivity index (χ3n) is 3.97. The van der Waals surface area contributed by atoms with Crippen molar-refractivity contribution in [2.24, 2.45) is 0 Å². The molecule has 1 atom stereocenters. The van der Waals surface area contributed by atoms with Gasteiger partial charge in [0, 0.05) is 5.56 Å². The third kappa shape index (κ3) is 4.21. The first-order valence-electron chi connectivity index (χ1n) is 8.17. The van der Waals surface area contributed by atoms with E-state index in [2.05, 4.69) is 5.32 Å². The van der Waals surface area contributed by atoms with Crippen molar-refractivity contribution >= 4 is 15.7 Å². The predicted octanol–water partition coefficient (Wildman–Crippen LogP) is 3.74. The van der Waals surface area contributed by atoms with Crippen molar-refractivity contribution in [2.75, 3.05) is 0 Å². The van der Waals surface area contributed by atoms with Crippen LogP contribution in [0.1, 0.15) is 34.6 Å². The van der Waals surface area contributed by atoms with Crippen molar-refractivity contribution in [3.05, 3.63) is 89.9 Å². The van der Waals surface area contributed by atoms with Crippen LogP contribution in [-0.2, 0) is 15.6 Å². The van der Waals surface area contributed by atoms with Crippen LogP contribution in [0.4, 0.5) is 0 Å². The minimum absolute atomic E-state index is 0.161. The number of carbonyl (C=O) groups excluding carboxylic acids is 1. The molecule has 0 saturated carbocycles. The van der Waals surface area contributed by atoms with Gasteiger partial charge in [-0.05, 0) is 48.9 Å². The van der Waals surface area contributed by atoms with Crippen molar-refractivity contribution < 1.29 is 17.6 Å². The van der Waals surface area contributed by atoms with Crippen LogP contribution in [0.25, 0.3) is 0 Å². The van der Waals surface area contributed by atoms with Gasteiger partial charge in [0.05, 0.1) is 23.0 Å². The summed E-state index contributed by atoms with van der Waals surface area (Å²) in [6.45, 7) is 1.82. The summed E-state index contributed by atoms with van der Waals surface area (Å²) < 4.78 is 30.3. The molecule has 0 fully saturated rings. The highest BCUT2D eigenvalue weighted by Gasteiger charge is 2.17. The molecule has 1 heterocycles. The average molecular weight is 369 g/mol. The van der Waals surface area contributed by atoms with Crippen LogP contribution in [-0.4, -0.2) is 14.3 Å². The number of nitrogens with one attached hydrogen (secondary N) is 1. The summed E-state index contributed by atoms with van der Waals surface area (Å²) in [4.78, 5) is 12.7. The Bertz CT molecular complexity index is 980. The van der Waals surface area contributed by atoms with Gasteiger partial charge in [-0.3, -0.25) is 4.79 Å². The molecule has 1 N–H and O–H groups in total. The molecule has 5 nitrogen and oxygen atoms in total. The minimum atomic E-state index is -3.46. The fraction of sp³-hybridized carbons (Fsp3) is 0.150. The first-order valence-corrected chi connectivity index (χ1v) is 9.82. The smallest absolute Gasteiger partial charge is 0.251 e. The van der Waals surface area contributed by atoms with Crippen LogP contribution in [0.3, 0.4) is 0 Å². The molecule has 3 rings (SSSR count). The van der Waals surface area contributed by atoms with Gasteiger partial charge in [0.15, 0.2) is 9.84 Å². The minimum Gasteiger partial charge on any atom is -0.467 e. The highest BCUT2D eigenvalue weighted by Crippen LogP contribution is 2.18. The Morgan fingerprint density at radius 3 is 2.50 bits per heavy atom. The number of hydrogen-bond acceptors (Lipinski definition) is 4. The second-order valence-electron chi connectivity index (χ2n) is 5.98. The quantitative estimate of drug-likeness (QED) is 0.718. The summed E-state index contributed by atoms with van der Waals surface area (Å²) in [6.07, 6.45) is 1.55. The van der Waals surface area contributed by atoms with Crippen LogP contribution in [0.2, 0.25) is 0 Å². The fourth-order valence-corrected chi connectivity index (χ4v) is 3.98. The number of benzene rings is 2. The van der Waals surface area contributed by atoms with Gasteiger partial charge in [-0.25, -0.2) is 8.42 Å². The average Bonchev–Trinajstić information content (AvgIpc) is 3.17. The molecule has 0 bridgehead atoms. The van der Waals surface area contributed by atoms with Crippen LogP contribution >= 0.6 is 0 Å². The van der Waals surface area contributed by atoms with Crippen molar-refractivity contribution in [3.63, 3.8) is 0 Å². The second-order valence-corrected chi connectivity index (χ2v) is 7.97. The fourth-order valence-electron chi connectivity index (χ4n) is 2.62. The lowest BCUT2D eigenvalue weighted by atomic mass is 10.1. The highest BCUT2D eigenvalue weighted by molar-refractivity contribution is 7.90. The Morgan fingerprint density at radius 2 is 1.81 bits per heavy atom. The van der Waals surface area contributed by atoms with Crippen molar-refractivity contribution in [3.8, 4) is 0 Å². The molecule has 0 aliphatic rings. The van der Waals surface area contributed by atoms with Crippen LogP contribution in [0, 0.1) is 0 Å². The summed E-state index contributed by atoms with van der Waals surface area (Å²) in [5, 5.41) is 2.84. The van der Waals surface area contributed by atoms with Gasteiger partial charge in [-0.2, -0.15) is 0 Å². The zero-order valence-electron chi connectivity index (χ0n) is 14.3. The number of rotatable bonds is 6. The van der Waals surface area contributed by atoms with Gasteiger partial charge < -0.3 is 9.73 Å². The van der Waals surface area contributed by atoms with E-state index in [1.54, 1.807) is 73.0 Å². The normalized spacial score (nSPS) is 12.5. The third-order valence-corrected chi connectivity index (χ3v) is 5.67. The number of furan rings is 1. The van der Waals surface area contributed by atoms with Crippen LogP contribution in [0.5, 0.6) is 0 Å². The summed E-state index contributed by atoms with van der Waals surface area (Å²) in [5.41, 5.74) is 0.969. The maximum Gasteiger partial charge on any atom is 0.251 e. The Balaban J connectivity index is 1.75. The van der Waals surface area contributed by atoms with Gasteiger partial charge in [-0.15, -0.1) is 0 Å². The molecule has 6 heteroatoms. The SMILES string of the molecule is C[C@H](NC(=O)c1cccc(CS(=O)(=O)c2ccccc2)c1)c1ccco1. The zero-order valence-corrected chi connectivity index (χ0v) is 15.1. The van der Waals surface area contributed by atoms with E-state index < -0.39 is 9.84 Å². The lowest BCUT2D eigenvalue weighted by molar-refractivity contribution is 0.0935. The predicted molar refractivity (Wildman–Crippen MR) is 98.4 cm³/mol. The van der Waals surface area contributed by atoms with E-state index in [9.17, 15) is 13.2 Å². The molecule has 26 heavy (non-hydrogen) atoms. The van der Waals surface area contributed by atoms with E-state index in [-0.39, 0.29) is 22.6 Å². The molecule has 2 aromatic carbocycles. The van der Waals surface area contributed by atoms with Crippen molar-refractivity contribution in [2.45, 2.75) is 23.6 Å². The number of amides is 1. The van der Waals surface area contributed by atoms with Gasteiger partial charge in [0.2, 0.25) is 0 Å².